The first-order valence-electron chi connectivity index (χ1n) is 21.6. The standard InChI is InChI=1S/2C14H13N5O5S2.C14H28N2/c2*1-2-5-3-25-12-8(11(21)19(12)9(5)13(22)23)17-10(20)7(18-24)6-4-26-14(15)16-6;15-11-14(16,12-7-3-1-4-8-12)13-9-5-2-6-10-13/h2*2,4,8,12,24H,1,3H2,(H2,15,16)(H,17,20)(H,22,23);12-13H,1-11,15-16H2/b2*18-7-;/t2*8-,12+;/m10./s1. The van der Waals surface area contributed by atoms with E-state index in [1.807, 2.05) is 0 Å². The van der Waals surface area contributed by atoms with Crippen LogP contribution in [0.1, 0.15) is 75.6 Å². The van der Waals surface area contributed by atoms with E-state index >= 15 is 0 Å². The van der Waals surface area contributed by atoms with Crippen LogP contribution in [0.5, 0.6) is 0 Å². The number of hydrogen-bond acceptors (Lipinski definition) is 20. The number of thioether (sulfide) groups is 2. The normalized spacial score (nSPS) is 23.3. The number of aliphatic carboxylic acids is 2. The van der Waals surface area contributed by atoms with Crippen LogP contribution in [0.4, 0.5) is 10.3 Å². The second-order valence-corrected chi connectivity index (χ2v) is 20.5. The molecule has 4 fully saturated rings. The van der Waals surface area contributed by atoms with E-state index in [0.29, 0.717) is 41.0 Å². The monoisotopic (exact) mass is 1010 g/mol. The number of anilines is 2. The van der Waals surface area contributed by atoms with Gasteiger partial charge in [0, 0.05) is 34.3 Å². The van der Waals surface area contributed by atoms with Gasteiger partial charge in [-0.15, -0.1) is 46.2 Å². The molecular formula is C42H54N12O10S4. The molecule has 2 saturated carbocycles. The lowest BCUT2D eigenvalue weighted by molar-refractivity contribution is -0.150. The average molecular weight is 1020 g/mol. The molecule has 26 heteroatoms. The van der Waals surface area contributed by atoms with Gasteiger partial charge in [-0.3, -0.25) is 29.0 Å². The maximum atomic E-state index is 12.4. The van der Waals surface area contributed by atoms with Crippen molar-refractivity contribution in [2.75, 3.05) is 29.5 Å². The summed E-state index contributed by atoms with van der Waals surface area (Å²) in [5.41, 5.74) is 23.7. The number of oxime groups is 2. The SMILES string of the molecule is C=CC1=C(C(=O)O)N2C(=O)[C@@H](NC(=O)/C(=N\O)c3csc(N)n3)[C@@H]2SC1.C=CC1=C(C(=O)O)N2C(=O)[C@H](NC(=O)/C(=N\O)c3csc(N)n3)[C@H]2SC1.NCC(N)(C1CCCCC1)C1CCCCC1. The zero-order valence-electron chi connectivity index (χ0n) is 36.7. The number of carbonyl (C=O) groups is 6. The molecule has 22 nitrogen and oxygen atoms in total. The molecule has 0 bridgehead atoms. The Hall–Kier alpha value is -5.80. The van der Waals surface area contributed by atoms with Crippen molar-refractivity contribution in [2.45, 2.75) is 92.6 Å². The van der Waals surface area contributed by atoms with Gasteiger partial charge in [0.2, 0.25) is 0 Å². The Morgan fingerprint density at radius 1 is 0.721 bits per heavy atom. The topological polar surface area (TPSA) is 368 Å². The summed E-state index contributed by atoms with van der Waals surface area (Å²) in [5, 5.41) is 49.8. The zero-order valence-corrected chi connectivity index (χ0v) is 40.0. The maximum absolute atomic E-state index is 12.4. The number of β-lactam (4-membered cyclic amide) rings is 2. The lowest BCUT2D eigenvalue weighted by Crippen LogP contribution is -2.71. The van der Waals surface area contributed by atoms with Crippen molar-refractivity contribution in [1.82, 2.24) is 30.4 Å². The molecule has 0 radical (unpaired) electrons. The Morgan fingerprint density at radius 2 is 1.09 bits per heavy atom. The van der Waals surface area contributed by atoms with Gasteiger partial charge < -0.3 is 54.2 Å². The van der Waals surface area contributed by atoms with Crippen LogP contribution in [0.2, 0.25) is 0 Å². The van der Waals surface area contributed by atoms with E-state index in [1.165, 1.54) is 111 Å². The molecule has 4 amide bonds. The summed E-state index contributed by atoms with van der Waals surface area (Å²) in [6.45, 7) is 7.82. The van der Waals surface area contributed by atoms with Crippen molar-refractivity contribution in [1.29, 1.82) is 0 Å². The van der Waals surface area contributed by atoms with E-state index in [0.717, 1.165) is 32.5 Å². The minimum atomic E-state index is -1.24. The smallest absolute Gasteiger partial charge is 0.352 e. The summed E-state index contributed by atoms with van der Waals surface area (Å²) >= 11 is 4.73. The van der Waals surface area contributed by atoms with Crippen molar-refractivity contribution in [3.05, 3.63) is 70.0 Å². The first-order valence-corrected chi connectivity index (χ1v) is 25.4. The molecule has 4 aliphatic heterocycles. The maximum Gasteiger partial charge on any atom is 0.352 e. The van der Waals surface area contributed by atoms with Crippen molar-refractivity contribution in [3.8, 4) is 0 Å². The number of hydrogen-bond donors (Lipinski definition) is 10. The van der Waals surface area contributed by atoms with Gasteiger partial charge >= 0.3 is 11.9 Å². The lowest BCUT2D eigenvalue weighted by atomic mass is 9.65. The number of nitrogens with zero attached hydrogens (tertiary/aromatic N) is 6. The summed E-state index contributed by atoms with van der Waals surface area (Å²) in [5.74, 6) is -3.14. The van der Waals surface area contributed by atoms with E-state index in [1.54, 1.807) is 0 Å². The van der Waals surface area contributed by atoms with Crippen molar-refractivity contribution >= 4 is 103 Å². The van der Waals surface area contributed by atoms with Crippen molar-refractivity contribution < 1.29 is 49.4 Å². The fraction of sp³-hybridized carbons (Fsp3) is 0.476. The molecule has 2 aromatic rings. The molecule has 0 aromatic carbocycles. The molecule has 2 aliphatic carbocycles. The Labute approximate surface area is 407 Å². The highest BCUT2D eigenvalue weighted by molar-refractivity contribution is 8.00. The molecule has 14 N–H and O–H groups in total. The predicted octanol–water partition coefficient (Wildman–Crippen LogP) is 2.46. The Kier molecular flexibility index (Phi) is 17.1. The van der Waals surface area contributed by atoms with Gasteiger partial charge in [0.15, 0.2) is 21.7 Å². The molecule has 4 atom stereocenters. The van der Waals surface area contributed by atoms with Crippen molar-refractivity contribution in [2.24, 2.45) is 33.6 Å². The number of rotatable bonds is 13. The molecule has 2 aromatic heterocycles. The first-order chi connectivity index (χ1) is 32.5. The number of thiazole rings is 2. The van der Waals surface area contributed by atoms with Gasteiger partial charge in [-0.25, -0.2) is 19.6 Å². The first kappa shape index (κ1) is 51.6. The number of carboxylic acids is 2. The molecule has 2 saturated heterocycles. The molecule has 6 heterocycles. The van der Waals surface area contributed by atoms with E-state index in [4.69, 9.17) is 33.3 Å². The van der Waals surface area contributed by atoms with Crippen LogP contribution < -0.4 is 33.6 Å². The molecule has 68 heavy (non-hydrogen) atoms. The highest BCUT2D eigenvalue weighted by Crippen LogP contribution is 2.43. The summed E-state index contributed by atoms with van der Waals surface area (Å²) in [6.07, 6.45) is 16.4. The van der Waals surface area contributed by atoms with Crippen LogP contribution in [-0.4, -0.2) is 134 Å². The minimum Gasteiger partial charge on any atom is -0.477 e. The number of nitrogen functional groups attached to an aromatic ring is 2. The fourth-order valence-electron chi connectivity index (χ4n) is 9.18. The number of carbonyl (C=O) groups excluding carboxylic acids is 4. The van der Waals surface area contributed by atoms with Gasteiger partial charge in [-0.05, 0) is 48.7 Å². The molecule has 0 unspecified atom stereocenters. The fourth-order valence-corrected chi connectivity index (χ4v) is 13.0. The summed E-state index contributed by atoms with van der Waals surface area (Å²) in [6, 6.07) is -1.89. The third kappa shape index (κ3) is 10.6. The third-order valence-corrected chi connectivity index (χ3v) is 16.7. The van der Waals surface area contributed by atoms with Crippen LogP contribution in [0.3, 0.4) is 0 Å². The highest BCUT2D eigenvalue weighted by Gasteiger charge is 2.55. The van der Waals surface area contributed by atoms with Crippen molar-refractivity contribution in [3.63, 3.8) is 0 Å². The van der Waals surface area contributed by atoms with E-state index in [9.17, 15) is 39.0 Å². The number of allylic oxidation sites excluding steroid dienone is 2. The van der Waals surface area contributed by atoms with Crippen LogP contribution >= 0.6 is 46.2 Å². The number of amides is 4. The third-order valence-electron chi connectivity index (χ3n) is 12.7. The highest BCUT2D eigenvalue weighted by atomic mass is 32.2. The van der Waals surface area contributed by atoms with Gasteiger partial charge in [-0.1, -0.05) is 74.1 Å². The molecular weight excluding hydrogens is 961 g/mol. The Bertz CT molecular complexity index is 2280. The second kappa shape index (κ2) is 22.5. The molecule has 366 valence electrons. The van der Waals surface area contributed by atoms with Crippen LogP contribution in [0, 0.1) is 11.8 Å². The van der Waals surface area contributed by atoms with E-state index < -0.39 is 58.4 Å². The van der Waals surface area contributed by atoms with E-state index in [2.05, 4.69) is 44.1 Å². The van der Waals surface area contributed by atoms with Gasteiger partial charge in [0.1, 0.15) is 45.6 Å². The van der Waals surface area contributed by atoms with Crippen LogP contribution in [-0.2, 0) is 28.8 Å². The second-order valence-electron chi connectivity index (χ2n) is 16.5. The number of fused-ring (bicyclic) bond motifs is 2. The van der Waals surface area contributed by atoms with Crippen LogP contribution in [0.25, 0.3) is 0 Å². The van der Waals surface area contributed by atoms with Gasteiger partial charge in [0.05, 0.1) is 0 Å². The van der Waals surface area contributed by atoms with E-state index in [-0.39, 0.29) is 50.0 Å². The van der Waals surface area contributed by atoms with Gasteiger partial charge in [0.25, 0.3) is 23.6 Å². The molecule has 8 rings (SSSR count). The number of nitrogens with one attached hydrogen (secondary N) is 2. The summed E-state index contributed by atoms with van der Waals surface area (Å²) in [7, 11) is 0. The summed E-state index contributed by atoms with van der Waals surface area (Å²) in [4.78, 5) is 82.3. The quantitative estimate of drug-likeness (QED) is 0.0596. The number of aromatic nitrogens is 2. The number of nitrogens with two attached hydrogens (primary N) is 4. The molecule has 6 aliphatic rings. The van der Waals surface area contributed by atoms with Gasteiger partial charge in [-0.2, -0.15) is 0 Å². The van der Waals surface area contributed by atoms with Crippen LogP contribution in [0.15, 0.2) is 68.9 Å². The largest absolute Gasteiger partial charge is 0.477 e. The molecule has 0 spiro atoms. The lowest BCUT2D eigenvalue weighted by Gasteiger charge is -2.49. The predicted molar refractivity (Wildman–Crippen MR) is 259 cm³/mol. The Morgan fingerprint density at radius 3 is 1.37 bits per heavy atom. The Balaban J connectivity index is 0.000000173. The average Bonchev–Trinajstić information content (AvgIpc) is 3.99. The zero-order chi connectivity index (χ0) is 49.4. The summed E-state index contributed by atoms with van der Waals surface area (Å²) < 4.78 is 0. The minimum absolute atomic E-state index is 0.0408. The number of carboxylic acid groups (broad SMARTS) is 2.